The number of unbranched alkanes of at least 4 members (excludes halogenated alkanes) is 6. The van der Waals surface area contributed by atoms with E-state index >= 15 is 0 Å². The largest absolute Gasteiger partial charge is 0.496 e. The van der Waals surface area contributed by atoms with Crippen molar-refractivity contribution in [1.29, 1.82) is 0 Å². The van der Waals surface area contributed by atoms with Crippen molar-refractivity contribution in [2.45, 2.75) is 65.2 Å². The lowest BCUT2D eigenvalue weighted by Gasteiger charge is -2.18. The van der Waals surface area contributed by atoms with Gasteiger partial charge in [-0.3, -0.25) is 4.79 Å². The van der Waals surface area contributed by atoms with Gasteiger partial charge in [0.15, 0.2) is 5.78 Å². The van der Waals surface area contributed by atoms with Gasteiger partial charge in [-0.2, -0.15) is 0 Å². The van der Waals surface area contributed by atoms with Crippen LogP contribution in [0.1, 0.15) is 74.7 Å². The van der Waals surface area contributed by atoms with Crippen LogP contribution in [0.4, 0.5) is 0 Å². The Morgan fingerprint density at radius 2 is 1.46 bits per heavy atom. The number of benzene rings is 1. The lowest BCUT2D eigenvalue weighted by atomic mass is 9.98. The van der Waals surface area contributed by atoms with E-state index in [9.17, 15) is 4.79 Å². The topological polar surface area (TPSA) is 44.8 Å². The Bertz CT molecular complexity index is 523. The third-order valence-electron chi connectivity index (χ3n) is 4.33. The highest BCUT2D eigenvalue weighted by Crippen LogP contribution is 2.40. The quantitative estimate of drug-likeness (QED) is 0.388. The lowest BCUT2D eigenvalue weighted by Crippen LogP contribution is -2.07. The first-order valence-corrected chi connectivity index (χ1v) is 8.93. The number of methoxy groups -OCH3 is 3. The van der Waals surface area contributed by atoms with Crippen molar-refractivity contribution >= 4 is 5.78 Å². The molecule has 0 unspecified atom stereocenters. The van der Waals surface area contributed by atoms with Crippen molar-refractivity contribution in [1.82, 2.24) is 0 Å². The molecule has 4 nitrogen and oxygen atoms in total. The maximum atomic E-state index is 12.0. The Labute approximate surface area is 146 Å². The molecule has 1 aromatic carbocycles. The molecule has 0 amide bonds. The number of carbonyl (C=O) groups excluding carboxylic acids is 1. The summed E-state index contributed by atoms with van der Waals surface area (Å²) in [6.07, 6.45) is 9.53. The van der Waals surface area contributed by atoms with Gasteiger partial charge in [0.1, 0.15) is 22.8 Å². The van der Waals surface area contributed by atoms with Crippen molar-refractivity contribution in [2.24, 2.45) is 0 Å². The summed E-state index contributed by atoms with van der Waals surface area (Å²) in [7, 11) is 4.78. The summed E-state index contributed by atoms with van der Waals surface area (Å²) >= 11 is 0. The van der Waals surface area contributed by atoms with E-state index in [1.54, 1.807) is 27.4 Å². The van der Waals surface area contributed by atoms with Gasteiger partial charge in [-0.05, 0) is 19.8 Å². The van der Waals surface area contributed by atoms with E-state index in [2.05, 4.69) is 6.92 Å². The molecule has 1 aromatic rings. The molecule has 0 N–H and O–H groups in total. The number of Topliss-reactive ketones (excluding diaryl/α,β-unsaturated/α-hetero) is 1. The Kier molecular flexibility index (Phi) is 9.28. The summed E-state index contributed by atoms with van der Waals surface area (Å²) in [6.45, 7) is 3.76. The third-order valence-corrected chi connectivity index (χ3v) is 4.33. The van der Waals surface area contributed by atoms with Crippen LogP contribution < -0.4 is 14.2 Å². The molecule has 136 valence electrons. The highest BCUT2D eigenvalue weighted by Gasteiger charge is 2.22. The van der Waals surface area contributed by atoms with Crippen LogP contribution in [-0.2, 0) is 6.42 Å². The maximum absolute atomic E-state index is 12.0. The van der Waals surface area contributed by atoms with Crippen LogP contribution in [0.25, 0.3) is 0 Å². The Balaban J connectivity index is 2.88. The van der Waals surface area contributed by atoms with Crippen molar-refractivity contribution in [3.05, 3.63) is 17.2 Å². The van der Waals surface area contributed by atoms with E-state index in [4.69, 9.17) is 14.2 Å². The highest BCUT2D eigenvalue weighted by atomic mass is 16.5. The zero-order valence-corrected chi connectivity index (χ0v) is 15.9. The van der Waals surface area contributed by atoms with E-state index < -0.39 is 0 Å². The number of carbonyl (C=O) groups is 1. The number of hydrogen-bond acceptors (Lipinski definition) is 4. The van der Waals surface area contributed by atoms with Gasteiger partial charge < -0.3 is 14.2 Å². The fourth-order valence-corrected chi connectivity index (χ4v) is 3.05. The van der Waals surface area contributed by atoms with Gasteiger partial charge in [0.05, 0.1) is 21.3 Å². The fraction of sp³-hybridized carbons (Fsp3) is 0.650. The zero-order valence-electron chi connectivity index (χ0n) is 15.9. The van der Waals surface area contributed by atoms with Crippen molar-refractivity contribution < 1.29 is 19.0 Å². The van der Waals surface area contributed by atoms with E-state index in [0.717, 1.165) is 24.2 Å². The first-order chi connectivity index (χ1) is 11.6. The highest BCUT2D eigenvalue weighted by molar-refractivity contribution is 6.00. The van der Waals surface area contributed by atoms with Crippen LogP contribution in [-0.4, -0.2) is 27.1 Å². The van der Waals surface area contributed by atoms with E-state index in [1.807, 2.05) is 0 Å². The van der Waals surface area contributed by atoms with Gasteiger partial charge in [-0.15, -0.1) is 0 Å². The summed E-state index contributed by atoms with van der Waals surface area (Å²) in [5, 5.41) is 0. The Morgan fingerprint density at radius 3 is 1.96 bits per heavy atom. The molecule has 0 fully saturated rings. The summed E-state index contributed by atoms with van der Waals surface area (Å²) in [6, 6.07) is 1.79. The van der Waals surface area contributed by atoms with Crippen LogP contribution in [0.5, 0.6) is 17.2 Å². The summed E-state index contributed by atoms with van der Waals surface area (Å²) in [5.41, 5.74) is 1.46. The fourth-order valence-electron chi connectivity index (χ4n) is 3.05. The molecule has 4 heteroatoms. The molecule has 0 aliphatic carbocycles. The molecule has 0 spiro atoms. The van der Waals surface area contributed by atoms with E-state index in [0.29, 0.717) is 17.1 Å². The number of rotatable bonds is 12. The monoisotopic (exact) mass is 336 g/mol. The van der Waals surface area contributed by atoms with Gasteiger partial charge in [0.25, 0.3) is 0 Å². The molecule has 0 saturated heterocycles. The minimum atomic E-state index is -0.0628. The predicted octanol–water partition coefficient (Wildman–Crippen LogP) is 5.21. The van der Waals surface area contributed by atoms with Gasteiger partial charge >= 0.3 is 0 Å². The normalized spacial score (nSPS) is 10.5. The predicted molar refractivity (Wildman–Crippen MR) is 97.8 cm³/mol. The standard InChI is InChI=1S/C20H32O4/c1-6-7-8-9-10-11-12-13-16-17(22-3)14-18(23-4)19(15(2)21)20(16)24-5/h14H,6-13H2,1-5H3. The van der Waals surface area contributed by atoms with E-state index in [-0.39, 0.29) is 5.78 Å². The smallest absolute Gasteiger partial charge is 0.167 e. The first kappa shape index (κ1) is 20.3. The van der Waals surface area contributed by atoms with Crippen molar-refractivity contribution in [3.63, 3.8) is 0 Å². The first-order valence-electron chi connectivity index (χ1n) is 8.93. The summed E-state index contributed by atoms with van der Waals surface area (Å²) in [5.74, 6) is 1.75. The van der Waals surface area contributed by atoms with Crippen LogP contribution in [0.15, 0.2) is 6.07 Å². The van der Waals surface area contributed by atoms with Gasteiger partial charge in [0.2, 0.25) is 0 Å². The van der Waals surface area contributed by atoms with Crippen LogP contribution in [0.3, 0.4) is 0 Å². The van der Waals surface area contributed by atoms with Gasteiger partial charge in [0, 0.05) is 11.6 Å². The van der Waals surface area contributed by atoms with Crippen molar-refractivity contribution in [2.75, 3.05) is 21.3 Å². The maximum Gasteiger partial charge on any atom is 0.167 e. The zero-order chi connectivity index (χ0) is 17.9. The SMILES string of the molecule is CCCCCCCCCc1c(OC)cc(OC)c(C(C)=O)c1OC. The minimum absolute atomic E-state index is 0.0628. The molecule has 0 radical (unpaired) electrons. The molecule has 24 heavy (non-hydrogen) atoms. The minimum Gasteiger partial charge on any atom is -0.496 e. The second-order valence-corrected chi connectivity index (χ2v) is 6.10. The average molecular weight is 336 g/mol. The number of ketones is 1. The molecule has 1 rings (SSSR count). The van der Waals surface area contributed by atoms with Crippen molar-refractivity contribution in [3.8, 4) is 17.2 Å². The summed E-state index contributed by atoms with van der Waals surface area (Å²) < 4.78 is 16.4. The molecular formula is C20H32O4. The second-order valence-electron chi connectivity index (χ2n) is 6.10. The Morgan fingerprint density at radius 1 is 0.875 bits per heavy atom. The summed E-state index contributed by atoms with van der Waals surface area (Å²) in [4.78, 5) is 12.0. The molecule has 0 bridgehead atoms. The van der Waals surface area contributed by atoms with Crippen LogP contribution >= 0.6 is 0 Å². The third kappa shape index (κ3) is 5.43. The lowest BCUT2D eigenvalue weighted by molar-refractivity contribution is 0.101. The molecule has 0 heterocycles. The molecular weight excluding hydrogens is 304 g/mol. The van der Waals surface area contributed by atoms with Crippen LogP contribution in [0.2, 0.25) is 0 Å². The van der Waals surface area contributed by atoms with Gasteiger partial charge in [-0.1, -0.05) is 45.4 Å². The van der Waals surface area contributed by atoms with E-state index in [1.165, 1.54) is 45.4 Å². The van der Waals surface area contributed by atoms with Gasteiger partial charge in [-0.25, -0.2) is 0 Å². The Hall–Kier alpha value is -1.71. The number of ether oxygens (including phenoxy) is 3. The number of hydrogen-bond donors (Lipinski definition) is 0. The average Bonchev–Trinajstić information content (AvgIpc) is 2.59. The molecule has 0 saturated carbocycles. The second kappa shape index (κ2) is 11.0. The molecule has 0 aromatic heterocycles. The molecule has 0 atom stereocenters. The molecule has 0 aliphatic heterocycles. The molecule has 0 aliphatic rings. The van der Waals surface area contributed by atoms with Crippen LogP contribution in [0, 0.1) is 0 Å².